The molecular weight excluding hydrogens is 266 g/mol. The van der Waals surface area contributed by atoms with E-state index in [9.17, 15) is 8.42 Å². The van der Waals surface area contributed by atoms with Crippen molar-refractivity contribution >= 4 is 10.0 Å². The van der Waals surface area contributed by atoms with Crippen LogP contribution in [0.25, 0.3) is 0 Å². The molecule has 0 fully saturated rings. The van der Waals surface area contributed by atoms with E-state index in [1.165, 1.54) is 12.5 Å². The zero-order chi connectivity index (χ0) is 13.9. The molecule has 8 heteroatoms. The third kappa shape index (κ3) is 3.42. The van der Waals surface area contributed by atoms with Crippen LogP contribution < -0.4 is 4.72 Å². The van der Waals surface area contributed by atoms with Crippen LogP contribution in [0.4, 0.5) is 0 Å². The van der Waals surface area contributed by atoms with Crippen molar-refractivity contribution in [2.24, 2.45) is 0 Å². The van der Waals surface area contributed by atoms with Crippen molar-refractivity contribution in [3.05, 3.63) is 30.0 Å². The van der Waals surface area contributed by atoms with E-state index in [0.29, 0.717) is 19.5 Å². The normalized spacial score (nSPS) is 11.9. The highest BCUT2D eigenvalue weighted by molar-refractivity contribution is 7.89. The van der Waals surface area contributed by atoms with Gasteiger partial charge in [-0.3, -0.25) is 4.68 Å². The molecule has 0 spiro atoms. The van der Waals surface area contributed by atoms with Crippen LogP contribution in [0.3, 0.4) is 0 Å². The van der Waals surface area contributed by atoms with Crippen LogP contribution in [0, 0.1) is 13.8 Å². The lowest BCUT2D eigenvalue weighted by atomic mass is 10.4. The highest BCUT2D eigenvalue weighted by atomic mass is 32.2. The summed E-state index contributed by atoms with van der Waals surface area (Å²) in [5.74, 6) is 0. The van der Waals surface area contributed by atoms with Crippen LogP contribution in [0.2, 0.25) is 0 Å². The van der Waals surface area contributed by atoms with Gasteiger partial charge in [-0.05, 0) is 26.3 Å². The van der Waals surface area contributed by atoms with Crippen LogP contribution in [-0.2, 0) is 16.6 Å². The van der Waals surface area contributed by atoms with Crippen molar-refractivity contribution in [3.8, 4) is 0 Å². The lowest BCUT2D eigenvalue weighted by Crippen LogP contribution is -2.26. The molecule has 0 aliphatic heterocycles. The number of hydrogen-bond donors (Lipinski definition) is 2. The lowest BCUT2D eigenvalue weighted by Gasteiger charge is -2.06. The zero-order valence-corrected chi connectivity index (χ0v) is 11.7. The van der Waals surface area contributed by atoms with Gasteiger partial charge >= 0.3 is 0 Å². The summed E-state index contributed by atoms with van der Waals surface area (Å²) >= 11 is 0. The molecule has 0 bridgehead atoms. The Hall–Kier alpha value is -1.67. The van der Waals surface area contributed by atoms with E-state index in [1.807, 2.05) is 24.6 Å². The molecular formula is C11H17N5O2S. The Morgan fingerprint density at radius 2 is 2.21 bits per heavy atom. The van der Waals surface area contributed by atoms with Crippen molar-refractivity contribution in [1.29, 1.82) is 0 Å². The molecule has 2 rings (SSSR count). The predicted octanol–water partition coefficient (Wildman–Crippen LogP) is 0.592. The SMILES string of the molecule is Cc1cc(C)n(CCCNS(=O)(=O)c2cnc[nH]2)n1. The summed E-state index contributed by atoms with van der Waals surface area (Å²) in [4.78, 5) is 6.26. The average Bonchev–Trinajstić information content (AvgIpc) is 2.95. The maximum Gasteiger partial charge on any atom is 0.257 e. The Morgan fingerprint density at radius 3 is 2.79 bits per heavy atom. The van der Waals surface area contributed by atoms with Crippen LogP contribution >= 0.6 is 0 Å². The molecule has 0 aliphatic carbocycles. The average molecular weight is 283 g/mol. The van der Waals surface area contributed by atoms with E-state index < -0.39 is 10.0 Å². The van der Waals surface area contributed by atoms with Gasteiger partial charge in [0.1, 0.15) is 0 Å². The molecule has 104 valence electrons. The molecule has 0 saturated heterocycles. The summed E-state index contributed by atoms with van der Waals surface area (Å²) in [7, 11) is -3.47. The van der Waals surface area contributed by atoms with Crippen molar-refractivity contribution < 1.29 is 8.42 Å². The summed E-state index contributed by atoms with van der Waals surface area (Å²) in [6.07, 6.45) is 3.29. The third-order valence-electron chi connectivity index (χ3n) is 2.70. The van der Waals surface area contributed by atoms with Gasteiger partial charge in [0.05, 0.1) is 18.2 Å². The highest BCUT2D eigenvalue weighted by Gasteiger charge is 2.14. The van der Waals surface area contributed by atoms with Gasteiger partial charge in [0.25, 0.3) is 10.0 Å². The summed E-state index contributed by atoms with van der Waals surface area (Å²) in [6.45, 7) is 4.96. The van der Waals surface area contributed by atoms with Gasteiger partial charge in [0.15, 0.2) is 5.03 Å². The Morgan fingerprint density at radius 1 is 1.42 bits per heavy atom. The molecule has 0 saturated carbocycles. The molecule has 0 aliphatic rings. The number of nitrogens with one attached hydrogen (secondary N) is 2. The van der Waals surface area contributed by atoms with E-state index >= 15 is 0 Å². The van der Waals surface area contributed by atoms with Crippen LogP contribution in [0.1, 0.15) is 17.8 Å². The van der Waals surface area contributed by atoms with E-state index in [-0.39, 0.29) is 5.03 Å². The number of imidazole rings is 1. The monoisotopic (exact) mass is 283 g/mol. The zero-order valence-electron chi connectivity index (χ0n) is 10.9. The molecule has 7 nitrogen and oxygen atoms in total. The molecule has 2 aromatic heterocycles. The summed E-state index contributed by atoms with van der Waals surface area (Å²) in [5, 5.41) is 4.40. The molecule has 0 radical (unpaired) electrons. The summed E-state index contributed by atoms with van der Waals surface area (Å²) in [6, 6.07) is 1.99. The van der Waals surface area contributed by atoms with Gasteiger partial charge in [0.2, 0.25) is 0 Å². The molecule has 19 heavy (non-hydrogen) atoms. The fraction of sp³-hybridized carbons (Fsp3) is 0.455. The van der Waals surface area contributed by atoms with E-state index in [4.69, 9.17) is 0 Å². The number of rotatable bonds is 6. The quantitative estimate of drug-likeness (QED) is 0.759. The van der Waals surface area contributed by atoms with Gasteiger partial charge in [-0.25, -0.2) is 18.1 Å². The second-order valence-corrected chi connectivity index (χ2v) is 6.05. The van der Waals surface area contributed by atoms with Gasteiger partial charge in [0, 0.05) is 18.8 Å². The molecule has 2 N–H and O–H groups in total. The Bertz CT molecular complexity index is 630. The Kier molecular flexibility index (Phi) is 4.01. The van der Waals surface area contributed by atoms with E-state index in [1.54, 1.807) is 0 Å². The van der Waals surface area contributed by atoms with Gasteiger partial charge in [-0.1, -0.05) is 0 Å². The largest absolute Gasteiger partial charge is 0.335 e. The van der Waals surface area contributed by atoms with Gasteiger partial charge < -0.3 is 4.98 Å². The second kappa shape index (κ2) is 5.54. The Labute approximate surface area is 112 Å². The summed E-state index contributed by atoms with van der Waals surface area (Å²) in [5.41, 5.74) is 2.05. The third-order valence-corrected chi connectivity index (χ3v) is 4.09. The van der Waals surface area contributed by atoms with E-state index in [2.05, 4.69) is 19.8 Å². The van der Waals surface area contributed by atoms with Gasteiger partial charge in [-0.2, -0.15) is 5.10 Å². The van der Waals surface area contributed by atoms with Crippen molar-refractivity contribution in [3.63, 3.8) is 0 Å². The first kappa shape index (κ1) is 13.8. The fourth-order valence-corrected chi connectivity index (χ4v) is 2.78. The number of nitrogens with zero attached hydrogens (tertiary/aromatic N) is 3. The van der Waals surface area contributed by atoms with Crippen molar-refractivity contribution in [2.45, 2.75) is 31.8 Å². The van der Waals surface area contributed by atoms with Crippen LogP contribution in [-0.4, -0.2) is 34.7 Å². The van der Waals surface area contributed by atoms with Gasteiger partial charge in [-0.15, -0.1) is 0 Å². The molecule has 2 heterocycles. The smallest absolute Gasteiger partial charge is 0.257 e. The summed E-state index contributed by atoms with van der Waals surface area (Å²) < 4.78 is 27.9. The number of hydrogen-bond acceptors (Lipinski definition) is 4. The molecule has 0 atom stereocenters. The van der Waals surface area contributed by atoms with E-state index in [0.717, 1.165) is 11.4 Å². The minimum Gasteiger partial charge on any atom is -0.335 e. The molecule has 0 amide bonds. The standard InChI is InChI=1S/C11H17N5O2S/c1-9-6-10(2)16(15-9)5-3-4-14-19(17,18)11-7-12-8-13-11/h6-8,14H,3-5H2,1-2H3,(H,12,13). The molecule has 2 aromatic rings. The maximum atomic E-state index is 11.8. The van der Waals surface area contributed by atoms with Crippen LogP contribution in [0.5, 0.6) is 0 Å². The predicted molar refractivity (Wildman–Crippen MR) is 70.1 cm³/mol. The second-order valence-electron chi connectivity index (χ2n) is 4.32. The minimum absolute atomic E-state index is 0.0821. The first-order valence-corrected chi connectivity index (χ1v) is 7.46. The number of aromatic amines is 1. The molecule has 0 unspecified atom stereocenters. The number of aryl methyl sites for hydroxylation is 3. The van der Waals surface area contributed by atoms with Crippen LogP contribution in [0.15, 0.2) is 23.6 Å². The number of aromatic nitrogens is 4. The number of H-pyrrole nitrogens is 1. The number of sulfonamides is 1. The first-order chi connectivity index (χ1) is 8.99. The lowest BCUT2D eigenvalue weighted by molar-refractivity contribution is 0.543. The highest BCUT2D eigenvalue weighted by Crippen LogP contribution is 2.04. The van der Waals surface area contributed by atoms with Crippen molar-refractivity contribution in [1.82, 2.24) is 24.5 Å². The first-order valence-electron chi connectivity index (χ1n) is 5.98. The minimum atomic E-state index is -3.47. The Balaban J connectivity index is 1.83. The van der Waals surface area contributed by atoms with Crippen molar-refractivity contribution in [2.75, 3.05) is 6.54 Å². The maximum absolute atomic E-state index is 11.8. The topological polar surface area (TPSA) is 92.7 Å². The fourth-order valence-electron chi connectivity index (χ4n) is 1.80. The molecule has 0 aromatic carbocycles.